The lowest BCUT2D eigenvalue weighted by Crippen LogP contribution is -2.64. The summed E-state index contributed by atoms with van der Waals surface area (Å²) in [6, 6.07) is -1.05. The van der Waals surface area contributed by atoms with Crippen molar-refractivity contribution in [3.05, 3.63) is 39.9 Å². The normalized spacial score (nSPS) is 18.2. The van der Waals surface area contributed by atoms with Gasteiger partial charge in [0.25, 0.3) is 11.5 Å². The van der Waals surface area contributed by atoms with Gasteiger partial charge in [0, 0.05) is 31.4 Å². The van der Waals surface area contributed by atoms with Crippen molar-refractivity contribution in [2.24, 2.45) is 0 Å². The maximum Gasteiger partial charge on any atom is 0.423 e. The number of piperazine rings is 1. The minimum Gasteiger partial charge on any atom is -0.379 e. The molecule has 2 aliphatic heterocycles. The van der Waals surface area contributed by atoms with Gasteiger partial charge in [-0.05, 0) is 26.8 Å². The summed E-state index contributed by atoms with van der Waals surface area (Å²) in [5.74, 6) is -0.536. The van der Waals surface area contributed by atoms with Gasteiger partial charge < -0.3 is 24.8 Å². The predicted octanol–water partition coefficient (Wildman–Crippen LogP) is 2.88. The summed E-state index contributed by atoms with van der Waals surface area (Å²) in [7, 11) is 0. The zero-order valence-electron chi connectivity index (χ0n) is 22.8. The van der Waals surface area contributed by atoms with Crippen LogP contribution in [0.5, 0.6) is 0 Å². The highest BCUT2D eigenvalue weighted by molar-refractivity contribution is 6.05. The fraction of sp³-hybridized carbons (Fsp3) is 0.560. The van der Waals surface area contributed by atoms with Crippen molar-refractivity contribution in [2.45, 2.75) is 57.7 Å². The topological polar surface area (TPSA) is 124 Å². The summed E-state index contributed by atoms with van der Waals surface area (Å²) in [6.07, 6.45) is -8.03. The van der Waals surface area contributed by atoms with Crippen LogP contribution in [-0.4, -0.2) is 82.9 Å². The molecule has 0 aliphatic carbocycles. The number of fused-ring (bicyclic) bond motifs is 3. The molecule has 17 heteroatoms. The van der Waals surface area contributed by atoms with Crippen molar-refractivity contribution in [1.29, 1.82) is 0 Å². The van der Waals surface area contributed by atoms with Gasteiger partial charge in [-0.2, -0.15) is 31.4 Å². The molecule has 1 fully saturated rings. The van der Waals surface area contributed by atoms with Gasteiger partial charge in [-0.3, -0.25) is 14.4 Å². The molecule has 0 spiro atoms. The van der Waals surface area contributed by atoms with Crippen LogP contribution in [0.3, 0.4) is 0 Å². The van der Waals surface area contributed by atoms with E-state index in [1.165, 1.54) is 16.7 Å². The van der Waals surface area contributed by atoms with E-state index in [2.05, 4.69) is 15.4 Å². The number of anilines is 3. The average Bonchev–Trinajstić information content (AvgIpc) is 2.89. The van der Waals surface area contributed by atoms with Crippen molar-refractivity contribution in [1.82, 2.24) is 20.1 Å². The summed E-state index contributed by atoms with van der Waals surface area (Å²) >= 11 is 0. The van der Waals surface area contributed by atoms with Gasteiger partial charge in [0.1, 0.15) is 11.6 Å². The number of alkyl halides is 6. The molecule has 2 aromatic rings. The molecule has 2 N–H and O–H groups in total. The molecule has 4 rings (SSSR count). The number of carbonyl (C=O) groups is 2. The molecule has 42 heavy (non-hydrogen) atoms. The zero-order chi connectivity index (χ0) is 31.0. The molecule has 0 aromatic carbocycles. The summed E-state index contributed by atoms with van der Waals surface area (Å²) in [4.78, 5) is 46.3. The number of aromatic nitrogens is 3. The number of hydrogen-bond acceptors (Lipinski definition) is 8. The van der Waals surface area contributed by atoms with Crippen molar-refractivity contribution in [2.75, 3.05) is 48.0 Å². The van der Waals surface area contributed by atoms with Gasteiger partial charge in [-0.15, -0.1) is 0 Å². The second-order valence-corrected chi connectivity index (χ2v) is 10.3. The lowest BCUT2D eigenvalue weighted by molar-refractivity contribution is -0.138. The van der Waals surface area contributed by atoms with E-state index < -0.39 is 58.8 Å². The largest absolute Gasteiger partial charge is 0.423 e. The number of pyridine rings is 1. The molecule has 0 radical (unpaired) electrons. The molecule has 1 saturated heterocycles. The first kappa shape index (κ1) is 31.1. The lowest BCUT2D eigenvalue weighted by Gasteiger charge is -2.48. The third-order valence-electron chi connectivity index (χ3n) is 6.85. The monoisotopic (exact) mass is 605 g/mol. The van der Waals surface area contributed by atoms with E-state index in [9.17, 15) is 40.7 Å². The summed E-state index contributed by atoms with van der Waals surface area (Å²) in [5.41, 5.74) is -4.20. The lowest BCUT2D eigenvalue weighted by atomic mass is 10.0. The number of hydrogen-bond donors (Lipinski definition) is 2. The van der Waals surface area contributed by atoms with Crippen LogP contribution in [0.2, 0.25) is 0 Å². The third-order valence-corrected chi connectivity index (χ3v) is 6.85. The third kappa shape index (κ3) is 6.44. The Morgan fingerprint density at radius 3 is 2.48 bits per heavy atom. The van der Waals surface area contributed by atoms with Crippen molar-refractivity contribution in [3.8, 4) is 0 Å². The maximum absolute atomic E-state index is 13.4. The number of rotatable bonds is 8. The van der Waals surface area contributed by atoms with E-state index in [4.69, 9.17) is 4.74 Å². The van der Waals surface area contributed by atoms with Crippen LogP contribution in [0, 0.1) is 0 Å². The molecule has 2 atom stereocenters. The molecule has 0 saturated carbocycles. The van der Waals surface area contributed by atoms with Gasteiger partial charge in [-0.1, -0.05) is 0 Å². The first-order valence-corrected chi connectivity index (χ1v) is 13.0. The summed E-state index contributed by atoms with van der Waals surface area (Å²) in [5, 5.41) is 7.67. The Labute approximate surface area is 235 Å². The average molecular weight is 606 g/mol. The highest BCUT2D eigenvalue weighted by atomic mass is 19.4. The van der Waals surface area contributed by atoms with Crippen LogP contribution in [0.25, 0.3) is 0 Å². The van der Waals surface area contributed by atoms with Crippen LogP contribution < -0.4 is 20.7 Å². The Balaban J connectivity index is 1.34. The Morgan fingerprint density at radius 2 is 1.83 bits per heavy atom. The molecule has 230 valence electrons. The summed E-state index contributed by atoms with van der Waals surface area (Å²) < 4.78 is 85.1. The molecule has 2 aliphatic rings. The quantitative estimate of drug-likeness (QED) is 0.348. The molecule has 2 aromatic heterocycles. The maximum atomic E-state index is 13.4. The van der Waals surface area contributed by atoms with Crippen LogP contribution in [-0.2, 0) is 26.7 Å². The highest BCUT2D eigenvalue weighted by Gasteiger charge is 2.45. The number of aromatic amines is 1. The van der Waals surface area contributed by atoms with E-state index >= 15 is 0 Å². The Kier molecular flexibility index (Phi) is 8.71. The first-order valence-electron chi connectivity index (χ1n) is 13.0. The van der Waals surface area contributed by atoms with E-state index in [0.717, 1.165) is 18.5 Å². The minimum absolute atomic E-state index is 0.00321. The van der Waals surface area contributed by atoms with Gasteiger partial charge in [0.15, 0.2) is 5.82 Å². The van der Waals surface area contributed by atoms with Crippen molar-refractivity contribution < 1.29 is 40.7 Å². The fourth-order valence-corrected chi connectivity index (χ4v) is 4.96. The van der Waals surface area contributed by atoms with Gasteiger partial charge >= 0.3 is 12.4 Å². The van der Waals surface area contributed by atoms with Crippen LogP contribution >= 0.6 is 0 Å². The molecule has 1 unspecified atom stereocenters. The van der Waals surface area contributed by atoms with Gasteiger partial charge in [0.05, 0.1) is 49.3 Å². The number of ether oxygens (including phenoxy) is 1. The van der Waals surface area contributed by atoms with Crippen LogP contribution in [0.15, 0.2) is 23.3 Å². The Morgan fingerprint density at radius 1 is 1.12 bits per heavy atom. The number of amides is 2. The smallest absolute Gasteiger partial charge is 0.379 e. The molecule has 4 heterocycles. The standard InChI is InChI=1S/C25H29F6N7O4/c1-13(2)38-17-8-15(24(26,27)28)9-32-21(17)37-6-5-36(11-18(37)23(38)41)19(39)4-7-42-12-14(3)34-16-10-33-35-22(40)20(16)25(29,30)31/h8-10,13-14,18H,4-7,11-12H2,1-3H3,(H2,34,35,40)/t14-,18?/m0/s1. The van der Waals surface area contributed by atoms with Gasteiger partial charge in [0.2, 0.25) is 5.91 Å². The van der Waals surface area contributed by atoms with E-state index in [-0.39, 0.29) is 56.7 Å². The van der Waals surface area contributed by atoms with Crippen LogP contribution in [0.1, 0.15) is 38.3 Å². The molecule has 2 amide bonds. The van der Waals surface area contributed by atoms with Crippen molar-refractivity contribution >= 4 is 29.0 Å². The Hall–Kier alpha value is -3.89. The minimum atomic E-state index is -4.90. The SMILES string of the molecule is CC(C)N1C(=O)C2CN(C(=O)CCOC[C@H](C)Nc3cn[nH]c(=O)c3C(F)(F)F)CCN2c2ncc(C(F)(F)F)cc21. The molecular formula is C25H29F6N7O4. The van der Waals surface area contributed by atoms with Crippen molar-refractivity contribution in [3.63, 3.8) is 0 Å². The molecular weight excluding hydrogens is 576 g/mol. The van der Waals surface area contributed by atoms with E-state index in [1.807, 2.05) is 0 Å². The molecule has 0 bridgehead atoms. The Bertz CT molecular complexity index is 1380. The van der Waals surface area contributed by atoms with E-state index in [0.29, 0.717) is 0 Å². The van der Waals surface area contributed by atoms with Gasteiger partial charge in [-0.25, -0.2) is 10.1 Å². The predicted molar refractivity (Wildman–Crippen MR) is 138 cm³/mol. The number of halogens is 6. The fourth-order valence-electron chi connectivity index (χ4n) is 4.96. The van der Waals surface area contributed by atoms with Crippen LogP contribution in [0.4, 0.5) is 43.5 Å². The second kappa shape index (κ2) is 11.8. The highest BCUT2D eigenvalue weighted by Crippen LogP contribution is 2.41. The van der Waals surface area contributed by atoms with E-state index in [1.54, 1.807) is 23.8 Å². The first-order chi connectivity index (χ1) is 19.6. The number of nitrogens with one attached hydrogen (secondary N) is 2. The summed E-state index contributed by atoms with van der Waals surface area (Å²) in [6.45, 7) is 5.09. The second-order valence-electron chi connectivity index (χ2n) is 10.3. The molecule has 11 nitrogen and oxygen atoms in total. The number of carbonyl (C=O) groups excluding carboxylic acids is 2. The number of H-pyrrole nitrogens is 1. The number of nitrogens with zero attached hydrogens (tertiary/aromatic N) is 5. The zero-order valence-corrected chi connectivity index (χ0v) is 22.8.